The number of hydrogen-bond acceptors (Lipinski definition) is 4. The Kier molecular flexibility index (Phi) is 6.92. The molecule has 0 spiro atoms. The smallest absolute Gasteiger partial charge is 0.240 e. The molecule has 1 aliphatic heterocycles. The molecule has 2 amide bonds. The van der Waals surface area contributed by atoms with Gasteiger partial charge in [-0.1, -0.05) is 37.5 Å². The highest BCUT2D eigenvalue weighted by Crippen LogP contribution is 2.33. The van der Waals surface area contributed by atoms with Crippen molar-refractivity contribution >= 4 is 17.5 Å². The van der Waals surface area contributed by atoms with E-state index < -0.39 is 5.54 Å². The average molecular weight is 397 g/mol. The summed E-state index contributed by atoms with van der Waals surface area (Å²) in [6, 6.07) is 11.6. The third-order valence-corrected chi connectivity index (χ3v) is 6.63. The van der Waals surface area contributed by atoms with E-state index in [4.69, 9.17) is 0 Å². The SMILES string of the molecule is CC(C(=O)N(C)C1(C#N)CCCCC1)N1CCCC(C(=O)Nc2ccccc2)C1. The fourth-order valence-corrected chi connectivity index (χ4v) is 4.64. The number of piperidine rings is 1. The summed E-state index contributed by atoms with van der Waals surface area (Å²) in [5.74, 6) is -0.142. The number of amides is 2. The van der Waals surface area contributed by atoms with Crippen molar-refractivity contribution in [1.29, 1.82) is 5.26 Å². The first-order valence-corrected chi connectivity index (χ1v) is 10.8. The van der Waals surface area contributed by atoms with Crippen molar-refractivity contribution in [3.8, 4) is 6.07 Å². The molecule has 3 rings (SSSR count). The van der Waals surface area contributed by atoms with E-state index in [1.54, 1.807) is 11.9 Å². The zero-order valence-corrected chi connectivity index (χ0v) is 17.6. The van der Waals surface area contributed by atoms with E-state index >= 15 is 0 Å². The summed E-state index contributed by atoms with van der Waals surface area (Å²) in [6.07, 6.45) is 6.33. The summed E-state index contributed by atoms with van der Waals surface area (Å²) in [6.45, 7) is 3.28. The van der Waals surface area contributed by atoms with Crippen LogP contribution in [0.5, 0.6) is 0 Å². The second-order valence-electron chi connectivity index (χ2n) is 8.47. The molecule has 6 heteroatoms. The second kappa shape index (κ2) is 9.41. The highest BCUT2D eigenvalue weighted by molar-refractivity contribution is 5.92. The number of carbonyl (C=O) groups is 2. The zero-order valence-electron chi connectivity index (χ0n) is 17.6. The molecule has 2 aliphatic rings. The Morgan fingerprint density at radius 2 is 1.90 bits per heavy atom. The van der Waals surface area contributed by atoms with Gasteiger partial charge < -0.3 is 10.2 Å². The Morgan fingerprint density at radius 3 is 2.55 bits per heavy atom. The molecule has 0 radical (unpaired) electrons. The highest BCUT2D eigenvalue weighted by atomic mass is 16.2. The molecule has 6 nitrogen and oxygen atoms in total. The summed E-state index contributed by atoms with van der Waals surface area (Å²) < 4.78 is 0. The molecule has 2 fully saturated rings. The van der Waals surface area contributed by atoms with Gasteiger partial charge in [-0.2, -0.15) is 5.26 Å². The predicted octanol–water partition coefficient (Wildman–Crippen LogP) is 3.41. The van der Waals surface area contributed by atoms with Crippen molar-refractivity contribution in [2.75, 3.05) is 25.5 Å². The van der Waals surface area contributed by atoms with Gasteiger partial charge in [0.15, 0.2) is 0 Å². The number of nitrogens with one attached hydrogen (secondary N) is 1. The van der Waals surface area contributed by atoms with E-state index in [2.05, 4.69) is 16.3 Å². The molecule has 1 aromatic carbocycles. The lowest BCUT2D eigenvalue weighted by Gasteiger charge is -2.43. The van der Waals surface area contributed by atoms with Crippen molar-refractivity contribution < 1.29 is 9.59 Å². The molecule has 29 heavy (non-hydrogen) atoms. The van der Waals surface area contributed by atoms with E-state index in [0.717, 1.165) is 57.2 Å². The number of benzene rings is 1. The van der Waals surface area contributed by atoms with Crippen LogP contribution in [0, 0.1) is 17.2 Å². The zero-order chi connectivity index (χ0) is 20.9. The number of rotatable bonds is 5. The summed E-state index contributed by atoms with van der Waals surface area (Å²) in [4.78, 5) is 29.7. The number of nitriles is 1. The van der Waals surface area contributed by atoms with Crippen molar-refractivity contribution in [2.24, 2.45) is 5.92 Å². The van der Waals surface area contributed by atoms with Crippen molar-refractivity contribution in [3.63, 3.8) is 0 Å². The monoisotopic (exact) mass is 396 g/mol. The van der Waals surface area contributed by atoms with Crippen LogP contribution in [0.1, 0.15) is 51.9 Å². The molecule has 1 N–H and O–H groups in total. The van der Waals surface area contributed by atoms with Crippen LogP contribution >= 0.6 is 0 Å². The number of likely N-dealkylation sites (N-methyl/N-ethyl adjacent to an activating group) is 1. The Labute approximate surface area is 173 Å². The van der Waals surface area contributed by atoms with Crippen LogP contribution in [0.4, 0.5) is 5.69 Å². The van der Waals surface area contributed by atoms with Crippen LogP contribution in [0.3, 0.4) is 0 Å². The van der Waals surface area contributed by atoms with E-state index in [0.29, 0.717) is 6.54 Å². The molecule has 2 atom stereocenters. The van der Waals surface area contributed by atoms with Crippen LogP contribution in [0.2, 0.25) is 0 Å². The lowest BCUT2D eigenvalue weighted by Crippen LogP contribution is -2.57. The van der Waals surface area contributed by atoms with E-state index in [9.17, 15) is 14.9 Å². The van der Waals surface area contributed by atoms with Gasteiger partial charge in [-0.05, 0) is 51.3 Å². The maximum absolute atomic E-state index is 13.2. The first-order valence-electron chi connectivity index (χ1n) is 10.8. The van der Waals surface area contributed by atoms with E-state index in [-0.39, 0.29) is 23.8 Å². The van der Waals surface area contributed by atoms with Crippen LogP contribution in [-0.2, 0) is 9.59 Å². The van der Waals surface area contributed by atoms with Crippen molar-refractivity contribution in [2.45, 2.75) is 63.5 Å². The molecule has 0 bridgehead atoms. The largest absolute Gasteiger partial charge is 0.326 e. The van der Waals surface area contributed by atoms with Gasteiger partial charge in [0.2, 0.25) is 11.8 Å². The van der Waals surface area contributed by atoms with Crippen molar-refractivity contribution in [3.05, 3.63) is 30.3 Å². The molecule has 1 saturated heterocycles. The Balaban J connectivity index is 1.62. The van der Waals surface area contributed by atoms with Crippen LogP contribution < -0.4 is 5.32 Å². The van der Waals surface area contributed by atoms with Crippen molar-refractivity contribution in [1.82, 2.24) is 9.80 Å². The Hall–Kier alpha value is -2.39. The van der Waals surface area contributed by atoms with Crippen LogP contribution in [0.25, 0.3) is 0 Å². The second-order valence-corrected chi connectivity index (χ2v) is 8.47. The molecule has 1 aromatic rings. The number of anilines is 1. The summed E-state index contributed by atoms with van der Waals surface area (Å²) in [5, 5.41) is 12.8. The molecular formula is C23H32N4O2. The normalized spacial score (nSPS) is 22.9. The molecule has 1 saturated carbocycles. The highest BCUT2D eigenvalue weighted by Gasteiger charge is 2.41. The standard InChI is InChI=1S/C23H32N4O2/c1-18(22(29)26(2)23(17-24)13-7-4-8-14-23)27-15-9-10-19(16-27)21(28)25-20-11-5-3-6-12-20/h3,5-6,11-12,18-19H,4,7-10,13-16H2,1-2H3,(H,25,28). The molecule has 156 valence electrons. The summed E-state index contributed by atoms with van der Waals surface area (Å²) in [7, 11) is 1.77. The minimum Gasteiger partial charge on any atom is -0.326 e. The number of likely N-dealkylation sites (tertiary alicyclic amines) is 1. The maximum Gasteiger partial charge on any atom is 0.240 e. The van der Waals surface area contributed by atoms with Gasteiger partial charge in [0, 0.05) is 19.3 Å². The average Bonchev–Trinajstić information content (AvgIpc) is 2.78. The quantitative estimate of drug-likeness (QED) is 0.827. The minimum atomic E-state index is -0.677. The lowest BCUT2D eigenvalue weighted by molar-refractivity contribution is -0.141. The summed E-state index contributed by atoms with van der Waals surface area (Å²) in [5.41, 5.74) is 0.121. The number of para-hydroxylation sites is 1. The third kappa shape index (κ3) is 4.79. The molecule has 0 aromatic heterocycles. The molecule has 1 heterocycles. The number of hydrogen-bond donors (Lipinski definition) is 1. The van der Waals surface area contributed by atoms with E-state index in [1.807, 2.05) is 37.3 Å². The number of nitrogens with zero attached hydrogens (tertiary/aromatic N) is 3. The van der Waals surface area contributed by atoms with Gasteiger partial charge in [-0.15, -0.1) is 0 Å². The lowest BCUT2D eigenvalue weighted by atomic mass is 9.81. The first kappa shape index (κ1) is 21.3. The molecule has 1 aliphatic carbocycles. The minimum absolute atomic E-state index is 0.00896. The fourth-order valence-electron chi connectivity index (χ4n) is 4.64. The topological polar surface area (TPSA) is 76.4 Å². The fraction of sp³-hybridized carbons (Fsp3) is 0.609. The molecular weight excluding hydrogens is 364 g/mol. The van der Waals surface area contributed by atoms with Gasteiger partial charge in [-0.3, -0.25) is 14.5 Å². The molecule has 2 unspecified atom stereocenters. The van der Waals surface area contributed by atoms with Crippen LogP contribution in [-0.4, -0.2) is 53.3 Å². The third-order valence-electron chi connectivity index (χ3n) is 6.63. The van der Waals surface area contributed by atoms with Crippen LogP contribution in [0.15, 0.2) is 30.3 Å². The first-order chi connectivity index (χ1) is 14.0. The Bertz CT molecular complexity index is 752. The van der Waals surface area contributed by atoms with Gasteiger partial charge in [0.1, 0.15) is 5.54 Å². The number of carbonyl (C=O) groups excluding carboxylic acids is 2. The van der Waals surface area contributed by atoms with E-state index in [1.165, 1.54) is 0 Å². The Morgan fingerprint density at radius 1 is 1.21 bits per heavy atom. The van der Waals surface area contributed by atoms with Gasteiger partial charge in [0.25, 0.3) is 0 Å². The summed E-state index contributed by atoms with van der Waals surface area (Å²) >= 11 is 0. The van der Waals surface area contributed by atoms with Gasteiger partial charge in [-0.25, -0.2) is 0 Å². The van der Waals surface area contributed by atoms with Gasteiger partial charge in [0.05, 0.1) is 18.0 Å². The predicted molar refractivity (Wildman–Crippen MR) is 113 cm³/mol. The van der Waals surface area contributed by atoms with Gasteiger partial charge >= 0.3 is 0 Å². The maximum atomic E-state index is 13.2.